The van der Waals surface area contributed by atoms with Crippen molar-refractivity contribution in [1.82, 2.24) is 10.2 Å². The molecular weight excluding hydrogens is 320 g/mol. The van der Waals surface area contributed by atoms with Crippen molar-refractivity contribution in [1.29, 1.82) is 0 Å². The van der Waals surface area contributed by atoms with Gasteiger partial charge in [0.2, 0.25) is 5.91 Å². The van der Waals surface area contributed by atoms with Gasteiger partial charge in [0.1, 0.15) is 5.54 Å². The summed E-state index contributed by atoms with van der Waals surface area (Å²) in [5.74, 6) is -0.234. The molecule has 0 spiro atoms. The van der Waals surface area contributed by atoms with Crippen molar-refractivity contribution in [2.45, 2.75) is 18.9 Å². The van der Waals surface area contributed by atoms with Crippen LogP contribution >= 0.6 is 15.9 Å². The fourth-order valence-electron chi connectivity index (χ4n) is 2.37. The molecule has 1 atom stereocenters. The predicted molar refractivity (Wildman–Crippen MR) is 81.2 cm³/mol. The van der Waals surface area contributed by atoms with Crippen LogP contribution in [-0.4, -0.2) is 29.8 Å². The van der Waals surface area contributed by atoms with Gasteiger partial charge in [0.15, 0.2) is 0 Å². The maximum absolute atomic E-state index is 12.8. The molecule has 1 aliphatic rings. The third kappa shape index (κ3) is 2.93. The highest BCUT2D eigenvalue weighted by Gasteiger charge is 2.41. The molecule has 1 aromatic carbocycles. The van der Waals surface area contributed by atoms with Crippen LogP contribution in [0.2, 0.25) is 0 Å². The average molecular weight is 337 g/mol. The maximum atomic E-state index is 12.8. The molecule has 0 saturated carbocycles. The molecule has 106 valence electrons. The number of carbonyl (C=O) groups excluding carboxylic acids is 2. The molecule has 2 amide bonds. The lowest BCUT2D eigenvalue weighted by atomic mass is 9.90. The standard InChI is InChI=1S/C15H17BrN2O2/c1-11(16)10-18-9-8-13(19)17-15(2,14(18)20)12-6-4-3-5-7-12/h3-7H,1,8-10H2,2H3,(H,17,19). The minimum absolute atomic E-state index is 0.116. The van der Waals surface area contributed by atoms with Crippen molar-refractivity contribution in [2.24, 2.45) is 0 Å². The number of nitrogens with zero attached hydrogens (tertiary/aromatic N) is 1. The molecule has 0 radical (unpaired) electrons. The van der Waals surface area contributed by atoms with E-state index in [0.29, 0.717) is 19.5 Å². The normalized spacial score (nSPS) is 23.2. The second-order valence-corrected chi connectivity index (χ2v) is 6.15. The molecule has 1 N–H and O–H groups in total. The van der Waals surface area contributed by atoms with Crippen molar-refractivity contribution in [3.8, 4) is 0 Å². The molecule has 2 rings (SSSR count). The second kappa shape index (κ2) is 5.79. The first-order valence-corrected chi connectivity index (χ1v) is 7.22. The predicted octanol–water partition coefficient (Wildman–Crippen LogP) is 2.16. The van der Waals surface area contributed by atoms with Crippen LogP contribution in [0.3, 0.4) is 0 Å². The van der Waals surface area contributed by atoms with Gasteiger partial charge in [-0.3, -0.25) is 9.59 Å². The molecule has 1 unspecified atom stereocenters. The van der Waals surface area contributed by atoms with E-state index in [9.17, 15) is 9.59 Å². The third-order valence-corrected chi connectivity index (χ3v) is 3.68. The first-order valence-electron chi connectivity index (χ1n) is 6.42. The van der Waals surface area contributed by atoms with E-state index in [2.05, 4.69) is 27.8 Å². The zero-order valence-electron chi connectivity index (χ0n) is 11.4. The number of halogens is 1. The highest BCUT2D eigenvalue weighted by molar-refractivity contribution is 9.11. The highest BCUT2D eigenvalue weighted by Crippen LogP contribution is 2.26. The van der Waals surface area contributed by atoms with Gasteiger partial charge in [0.25, 0.3) is 5.91 Å². The Morgan fingerprint density at radius 3 is 2.65 bits per heavy atom. The van der Waals surface area contributed by atoms with Gasteiger partial charge in [-0.25, -0.2) is 0 Å². The topological polar surface area (TPSA) is 49.4 Å². The zero-order chi connectivity index (χ0) is 14.8. The smallest absolute Gasteiger partial charge is 0.253 e. The first kappa shape index (κ1) is 14.8. The molecule has 0 bridgehead atoms. The molecule has 1 saturated heterocycles. The van der Waals surface area contributed by atoms with Crippen LogP contribution in [0.4, 0.5) is 0 Å². The van der Waals surface area contributed by atoms with Gasteiger partial charge in [0.05, 0.1) is 6.54 Å². The van der Waals surface area contributed by atoms with E-state index in [1.54, 1.807) is 11.8 Å². The minimum atomic E-state index is -1.03. The van der Waals surface area contributed by atoms with Crippen molar-refractivity contribution < 1.29 is 9.59 Å². The number of nitrogens with one attached hydrogen (secondary N) is 1. The Kier molecular flexibility index (Phi) is 4.28. The number of hydrogen-bond acceptors (Lipinski definition) is 2. The summed E-state index contributed by atoms with van der Waals surface area (Å²) in [7, 11) is 0. The Morgan fingerprint density at radius 2 is 2.05 bits per heavy atom. The number of benzene rings is 1. The van der Waals surface area contributed by atoms with Crippen molar-refractivity contribution in [2.75, 3.05) is 13.1 Å². The summed E-state index contributed by atoms with van der Waals surface area (Å²) in [5.41, 5.74) is -0.248. The van der Waals surface area contributed by atoms with Gasteiger partial charge in [-0.05, 0) is 12.5 Å². The lowest BCUT2D eigenvalue weighted by molar-refractivity contribution is -0.138. The summed E-state index contributed by atoms with van der Waals surface area (Å²) in [6, 6.07) is 9.31. The highest BCUT2D eigenvalue weighted by atomic mass is 79.9. The summed E-state index contributed by atoms with van der Waals surface area (Å²) in [6.07, 6.45) is 0.300. The van der Waals surface area contributed by atoms with Gasteiger partial charge in [-0.15, -0.1) is 0 Å². The average Bonchev–Trinajstić information content (AvgIpc) is 2.52. The van der Waals surface area contributed by atoms with E-state index in [0.717, 1.165) is 10.0 Å². The first-order chi connectivity index (χ1) is 9.43. The molecular formula is C15H17BrN2O2. The molecule has 1 aliphatic heterocycles. The summed E-state index contributed by atoms with van der Waals surface area (Å²) < 4.78 is 0.718. The van der Waals surface area contributed by atoms with Gasteiger partial charge in [0, 0.05) is 17.4 Å². The second-order valence-electron chi connectivity index (χ2n) is 5.03. The van der Waals surface area contributed by atoms with Crippen LogP contribution in [0.25, 0.3) is 0 Å². The Balaban J connectivity index is 2.40. The molecule has 0 aliphatic carbocycles. The lowest BCUT2D eigenvalue weighted by Gasteiger charge is -2.32. The monoisotopic (exact) mass is 336 g/mol. The molecule has 1 aromatic rings. The largest absolute Gasteiger partial charge is 0.338 e. The minimum Gasteiger partial charge on any atom is -0.338 e. The SMILES string of the molecule is C=C(Br)CN1CCC(=O)NC(C)(c2ccccc2)C1=O. The van der Waals surface area contributed by atoms with Crippen LogP contribution in [0.1, 0.15) is 18.9 Å². The third-order valence-electron chi connectivity index (χ3n) is 3.43. The van der Waals surface area contributed by atoms with E-state index < -0.39 is 5.54 Å². The lowest BCUT2D eigenvalue weighted by Crippen LogP contribution is -2.52. The van der Waals surface area contributed by atoms with Crippen LogP contribution in [0.5, 0.6) is 0 Å². The summed E-state index contributed by atoms with van der Waals surface area (Å²) >= 11 is 3.28. The molecule has 1 heterocycles. The number of rotatable bonds is 3. The van der Waals surface area contributed by atoms with Crippen LogP contribution in [-0.2, 0) is 15.1 Å². The van der Waals surface area contributed by atoms with Crippen molar-refractivity contribution in [3.63, 3.8) is 0 Å². The van der Waals surface area contributed by atoms with Gasteiger partial charge < -0.3 is 10.2 Å². The van der Waals surface area contributed by atoms with Gasteiger partial charge in [-0.1, -0.05) is 52.8 Å². The van der Waals surface area contributed by atoms with Crippen molar-refractivity contribution >= 4 is 27.7 Å². The molecule has 1 fully saturated rings. The molecule has 5 heteroatoms. The van der Waals surface area contributed by atoms with E-state index in [1.165, 1.54) is 0 Å². The van der Waals surface area contributed by atoms with Gasteiger partial charge in [-0.2, -0.15) is 0 Å². The fraction of sp³-hybridized carbons (Fsp3) is 0.333. The number of hydrogen-bond donors (Lipinski definition) is 1. The van der Waals surface area contributed by atoms with Crippen LogP contribution in [0.15, 0.2) is 41.4 Å². The zero-order valence-corrected chi connectivity index (χ0v) is 12.9. The Bertz CT molecular complexity index is 544. The quantitative estimate of drug-likeness (QED) is 0.919. The van der Waals surface area contributed by atoms with E-state index in [-0.39, 0.29) is 11.8 Å². The Labute approximate surface area is 127 Å². The Hall–Kier alpha value is -1.62. The Morgan fingerprint density at radius 1 is 1.40 bits per heavy atom. The summed E-state index contributed by atoms with van der Waals surface area (Å²) in [5, 5.41) is 2.85. The van der Waals surface area contributed by atoms with Crippen LogP contribution < -0.4 is 5.32 Å². The number of amides is 2. The van der Waals surface area contributed by atoms with Crippen molar-refractivity contribution in [3.05, 3.63) is 47.0 Å². The van der Waals surface area contributed by atoms with E-state index >= 15 is 0 Å². The van der Waals surface area contributed by atoms with Gasteiger partial charge >= 0.3 is 0 Å². The molecule has 20 heavy (non-hydrogen) atoms. The summed E-state index contributed by atoms with van der Waals surface area (Å²) in [4.78, 5) is 26.4. The fourth-order valence-corrected chi connectivity index (χ4v) is 2.68. The molecule has 4 nitrogen and oxygen atoms in total. The summed E-state index contributed by atoms with van der Waals surface area (Å²) in [6.45, 7) is 6.32. The van der Waals surface area contributed by atoms with E-state index in [4.69, 9.17) is 0 Å². The van der Waals surface area contributed by atoms with Crippen LogP contribution in [0, 0.1) is 0 Å². The maximum Gasteiger partial charge on any atom is 0.253 e. The number of carbonyl (C=O) groups is 2. The van der Waals surface area contributed by atoms with E-state index in [1.807, 2.05) is 30.3 Å². The molecule has 0 aromatic heterocycles.